The van der Waals surface area contributed by atoms with Gasteiger partial charge in [0.2, 0.25) is 10.0 Å². The van der Waals surface area contributed by atoms with Crippen LogP contribution in [-0.4, -0.2) is 39.6 Å². The smallest absolute Gasteiger partial charge is 0.249 e. The number of sulfonamides is 1. The summed E-state index contributed by atoms with van der Waals surface area (Å²) in [5.74, 6) is 0. The lowest BCUT2D eigenvalue weighted by Gasteiger charge is -2.35. The zero-order chi connectivity index (χ0) is 11.9. The van der Waals surface area contributed by atoms with Gasteiger partial charge in [0.05, 0.1) is 11.7 Å². The highest BCUT2D eigenvalue weighted by Gasteiger charge is 2.26. The predicted molar refractivity (Wildman–Crippen MR) is 63.3 cm³/mol. The molecule has 2 heterocycles. The van der Waals surface area contributed by atoms with Gasteiger partial charge in [-0.25, -0.2) is 18.5 Å². The SMILES string of the molecule is Cc1nc(N(C)C2CNC2)sc1S(N)(=O)=O. The highest BCUT2D eigenvalue weighted by atomic mass is 32.2. The molecule has 0 saturated carbocycles. The maximum absolute atomic E-state index is 11.3. The molecule has 0 unspecified atom stereocenters. The van der Waals surface area contributed by atoms with Crippen molar-refractivity contribution in [2.75, 3.05) is 25.0 Å². The summed E-state index contributed by atoms with van der Waals surface area (Å²) in [5, 5.41) is 8.96. The molecule has 0 aliphatic carbocycles. The highest BCUT2D eigenvalue weighted by Crippen LogP contribution is 2.29. The number of anilines is 1. The van der Waals surface area contributed by atoms with Crippen LogP contribution in [0.25, 0.3) is 0 Å². The number of likely N-dealkylation sites (N-methyl/N-ethyl adjacent to an activating group) is 1. The van der Waals surface area contributed by atoms with E-state index in [1.54, 1.807) is 6.92 Å². The van der Waals surface area contributed by atoms with Crippen LogP contribution in [0.3, 0.4) is 0 Å². The lowest BCUT2D eigenvalue weighted by Crippen LogP contribution is -2.56. The average Bonchev–Trinajstić information content (AvgIpc) is 2.42. The maximum atomic E-state index is 11.3. The number of thiazole rings is 1. The van der Waals surface area contributed by atoms with Crippen LogP contribution in [0.4, 0.5) is 5.13 Å². The molecule has 1 aliphatic rings. The Balaban J connectivity index is 2.30. The lowest BCUT2D eigenvalue weighted by molar-refractivity contribution is 0.428. The van der Waals surface area contributed by atoms with Crippen LogP contribution in [-0.2, 0) is 10.0 Å². The van der Waals surface area contributed by atoms with Gasteiger partial charge in [-0.05, 0) is 6.92 Å². The van der Waals surface area contributed by atoms with Crippen molar-refractivity contribution < 1.29 is 8.42 Å². The Kier molecular flexibility index (Phi) is 2.91. The van der Waals surface area contributed by atoms with Crippen molar-refractivity contribution in [3.05, 3.63) is 5.69 Å². The molecule has 0 spiro atoms. The van der Waals surface area contributed by atoms with E-state index in [2.05, 4.69) is 10.3 Å². The Bertz CT molecular complexity index is 492. The largest absolute Gasteiger partial charge is 0.346 e. The predicted octanol–water partition coefficient (Wildman–Crippen LogP) is -0.493. The molecular formula is C8H14N4O2S2. The third-order valence-corrected chi connectivity index (χ3v) is 5.41. The van der Waals surface area contributed by atoms with E-state index in [-0.39, 0.29) is 4.21 Å². The van der Waals surface area contributed by atoms with Gasteiger partial charge in [0.1, 0.15) is 0 Å². The molecule has 0 radical (unpaired) electrons. The molecule has 6 nitrogen and oxygen atoms in total. The molecule has 16 heavy (non-hydrogen) atoms. The van der Waals surface area contributed by atoms with Crippen molar-refractivity contribution in [1.82, 2.24) is 10.3 Å². The van der Waals surface area contributed by atoms with Gasteiger partial charge in [0, 0.05) is 20.1 Å². The van der Waals surface area contributed by atoms with E-state index in [9.17, 15) is 8.42 Å². The minimum atomic E-state index is -3.65. The first kappa shape index (κ1) is 11.8. The van der Waals surface area contributed by atoms with E-state index in [0.29, 0.717) is 16.9 Å². The van der Waals surface area contributed by atoms with Gasteiger partial charge < -0.3 is 10.2 Å². The molecule has 0 bridgehead atoms. The number of hydrogen-bond donors (Lipinski definition) is 2. The van der Waals surface area contributed by atoms with E-state index < -0.39 is 10.0 Å². The Morgan fingerprint density at radius 2 is 2.19 bits per heavy atom. The highest BCUT2D eigenvalue weighted by molar-refractivity contribution is 7.91. The third kappa shape index (κ3) is 2.05. The summed E-state index contributed by atoms with van der Waals surface area (Å²) in [6.07, 6.45) is 0. The summed E-state index contributed by atoms with van der Waals surface area (Å²) in [4.78, 5) is 6.23. The number of hydrogen-bond acceptors (Lipinski definition) is 6. The Morgan fingerprint density at radius 1 is 1.56 bits per heavy atom. The standard InChI is InChI=1S/C8H14N4O2S2/c1-5-7(16(9,13)14)15-8(11-5)12(2)6-3-10-4-6/h6,10H,3-4H2,1-2H3,(H2,9,13,14). The Labute approximate surface area is 98.5 Å². The molecule has 90 valence electrons. The molecule has 0 amide bonds. The first-order chi connectivity index (χ1) is 7.39. The average molecular weight is 262 g/mol. The summed E-state index contributed by atoms with van der Waals surface area (Å²) < 4.78 is 22.7. The van der Waals surface area contributed by atoms with E-state index >= 15 is 0 Å². The summed E-state index contributed by atoms with van der Waals surface area (Å²) in [6.45, 7) is 3.46. The summed E-state index contributed by atoms with van der Waals surface area (Å²) in [5.41, 5.74) is 0.474. The Hall–Kier alpha value is -0.700. The van der Waals surface area contributed by atoms with Crippen LogP contribution < -0.4 is 15.4 Å². The molecule has 2 rings (SSSR count). The molecule has 8 heteroatoms. The fraction of sp³-hybridized carbons (Fsp3) is 0.625. The summed E-state index contributed by atoms with van der Waals surface area (Å²) >= 11 is 1.13. The minimum absolute atomic E-state index is 0.154. The van der Waals surface area contributed by atoms with Crippen molar-refractivity contribution in [2.45, 2.75) is 17.2 Å². The molecule has 0 aromatic carbocycles. The van der Waals surface area contributed by atoms with E-state index in [1.807, 2.05) is 11.9 Å². The normalized spacial score (nSPS) is 17.2. The molecule has 1 aliphatic heterocycles. The fourth-order valence-corrected chi connectivity index (χ4v) is 3.47. The zero-order valence-electron chi connectivity index (χ0n) is 9.10. The van der Waals surface area contributed by atoms with Crippen LogP contribution in [0, 0.1) is 6.92 Å². The van der Waals surface area contributed by atoms with Gasteiger partial charge in [-0.1, -0.05) is 11.3 Å². The first-order valence-corrected chi connectivity index (χ1v) is 7.19. The summed E-state index contributed by atoms with van der Waals surface area (Å²) in [6, 6.07) is 0.388. The number of aromatic nitrogens is 1. The number of nitrogens with one attached hydrogen (secondary N) is 1. The van der Waals surface area contributed by atoms with E-state index in [4.69, 9.17) is 5.14 Å². The number of rotatable bonds is 3. The fourth-order valence-electron chi connectivity index (χ4n) is 1.49. The number of aryl methyl sites for hydroxylation is 1. The monoisotopic (exact) mass is 262 g/mol. The van der Waals surface area contributed by atoms with Crippen molar-refractivity contribution in [3.8, 4) is 0 Å². The second-order valence-electron chi connectivity index (χ2n) is 3.84. The third-order valence-electron chi connectivity index (χ3n) is 2.61. The second kappa shape index (κ2) is 3.95. The minimum Gasteiger partial charge on any atom is -0.346 e. The molecule has 3 N–H and O–H groups in total. The van der Waals surface area contributed by atoms with Gasteiger partial charge >= 0.3 is 0 Å². The molecule has 1 fully saturated rings. The van der Waals surface area contributed by atoms with Crippen LogP contribution in [0.15, 0.2) is 4.21 Å². The molecular weight excluding hydrogens is 248 g/mol. The van der Waals surface area contributed by atoms with Crippen LogP contribution >= 0.6 is 11.3 Å². The van der Waals surface area contributed by atoms with Crippen LogP contribution in [0.2, 0.25) is 0 Å². The Morgan fingerprint density at radius 3 is 2.56 bits per heavy atom. The van der Waals surface area contributed by atoms with Gasteiger partial charge in [0.25, 0.3) is 0 Å². The first-order valence-electron chi connectivity index (χ1n) is 4.83. The zero-order valence-corrected chi connectivity index (χ0v) is 10.7. The van der Waals surface area contributed by atoms with Crippen LogP contribution in [0.5, 0.6) is 0 Å². The number of nitrogens with two attached hydrogens (primary N) is 1. The van der Waals surface area contributed by atoms with E-state index in [1.165, 1.54) is 0 Å². The molecule has 0 atom stereocenters. The molecule has 1 aromatic rings. The molecule has 1 aromatic heterocycles. The quantitative estimate of drug-likeness (QED) is 0.767. The van der Waals surface area contributed by atoms with E-state index in [0.717, 1.165) is 24.4 Å². The molecule has 1 saturated heterocycles. The van der Waals surface area contributed by atoms with Gasteiger partial charge in [-0.15, -0.1) is 0 Å². The number of nitrogens with zero attached hydrogens (tertiary/aromatic N) is 2. The van der Waals surface area contributed by atoms with Crippen molar-refractivity contribution in [1.29, 1.82) is 0 Å². The van der Waals surface area contributed by atoms with Gasteiger partial charge in [-0.3, -0.25) is 0 Å². The van der Waals surface area contributed by atoms with Crippen molar-refractivity contribution in [2.24, 2.45) is 5.14 Å². The van der Waals surface area contributed by atoms with Gasteiger partial charge in [0.15, 0.2) is 9.34 Å². The van der Waals surface area contributed by atoms with Crippen molar-refractivity contribution in [3.63, 3.8) is 0 Å². The second-order valence-corrected chi connectivity index (χ2v) is 6.57. The lowest BCUT2D eigenvalue weighted by atomic mass is 10.2. The number of primary sulfonamides is 1. The van der Waals surface area contributed by atoms with Crippen LogP contribution in [0.1, 0.15) is 5.69 Å². The topological polar surface area (TPSA) is 88.3 Å². The van der Waals surface area contributed by atoms with Gasteiger partial charge in [-0.2, -0.15) is 0 Å². The summed E-state index contributed by atoms with van der Waals surface area (Å²) in [7, 11) is -1.73. The van der Waals surface area contributed by atoms with Crippen molar-refractivity contribution >= 4 is 26.5 Å². The maximum Gasteiger partial charge on any atom is 0.249 e.